The van der Waals surface area contributed by atoms with Crippen molar-refractivity contribution in [1.82, 2.24) is 4.90 Å². The third-order valence-corrected chi connectivity index (χ3v) is 4.44. The summed E-state index contributed by atoms with van der Waals surface area (Å²) in [5, 5.41) is 11.5. The van der Waals surface area contributed by atoms with Gasteiger partial charge in [-0.2, -0.15) is 0 Å². The maximum absolute atomic E-state index is 10.6. The Balaban J connectivity index is 1.77. The summed E-state index contributed by atoms with van der Waals surface area (Å²) in [5.41, 5.74) is 0. The van der Waals surface area contributed by atoms with Gasteiger partial charge in [0.15, 0.2) is 0 Å². The Bertz CT molecular complexity index is 386. The van der Waals surface area contributed by atoms with Crippen LogP contribution in [0.4, 0.5) is 0 Å². The van der Waals surface area contributed by atoms with Gasteiger partial charge in [0.25, 0.3) is 0 Å². The van der Waals surface area contributed by atoms with Gasteiger partial charge < -0.3 is 5.11 Å². The predicted molar refractivity (Wildman–Crippen MR) is 69.6 cm³/mol. The zero-order valence-corrected chi connectivity index (χ0v) is 11.1. The molecule has 0 radical (unpaired) electrons. The molecule has 17 heavy (non-hydrogen) atoms. The Hall–Kier alpha value is -0.580. The molecule has 1 aromatic heterocycles. The molecule has 1 N–H and O–H groups in total. The average molecular weight is 274 g/mol. The lowest BCUT2D eigenvalue weighted by Crippen LogP contribution is -2.33. The molecule has 2 heterocycles. The van der Waals surface area contributed by atoms with E-state index in [2.05, 4.69) is 4.90 Å². The molecule has 1 aromatic rings. The SMILES string of the molecule is O=C(O)CC1CCN(Cc2cc(Cl)cs2)CC1. The number of hydrogen-bond donors (Lipinski definition) is 1. The molecule has 0 aromatic carbocycles. The molecule has 1 aliphatic heterocycles. The highest BCUT2D eigenvalue weighted by molar-refractivity contribution is 7.10. The minimum atomic E-state index is -0.673. The summed E-state index contributed by atoms with van der Waals surface area (Å²) in [7, 11) is 0. The second kappa shape index (κ2) is 5.85. The first kappa shape index (κ1) is 12.9. The van der Waals surface area contributed by atoms with Crippen LogP contribution in [0.1, 0.15) is 24.1 Å². The van der Waals surface area contributed by atoms with Crippen molar-refractivity contribution in [2.45, 2.75) is 25.8 Å². The lowest BCUT2D eigenvalue weighted by atomic mass is 9.94. The summed E-state index contributed by atoms with van der Waals surface area (Å²) in [4.78, 5) is 14.3. The number of likely N-dealkylation sites (tertiary alicyclic amines) is 1. The maximum atomic E-state index is 10.6. The van der Waals surface area contributed by atoms with Gasteiger partial charge in [0, 0.05) is 23.2 Å². The number of rotatable bonds is 4. The van der Waals surface area contributed by atoms with E-state index in [0.717, 1.165) is 37.5 Å². The van der Waals surface area contributed by atoms with Crippen molar-refractivity contribution in [2.24, 2.45) is 5.92 Å². The van der Waals surface area contributed by atoms with E-state index in [0.29, 0.717) is 12.3 Å². The third kappa shape index (κ3) is 3.98. The van der Waals surface area contributed by atoms with Crippen LogP contribution in [0.15, 0.2) is 11.4 Å². The lowest BCUT2D eigenvalue weighted by Gasteiger charge is -2.30. The van der Waals surface area contributed by atoms with Crippen molar-refractivity contribution in [3.63, 3.8) is 0 Å². The van der Waals surface area contributed by atoms with E-state index < -0.39 is 5.97 Å². The summed E-state index contributed by atoms with van der Waals surface area (Å²) in [6.45, 7) is 2.93. The highest BCUT2D eigenvalue weighted by Crippen LogP contribution is 2.25. The molecule has 0 atom stereocenters. The molecule has 1 aliphatic rings. The quantitative estimate of drug-likeness (QED) is 0.916. The Morgan fingerprint density at radius 1 is 1.53 bits per heavy atom. The van der Waals surface area contributed by atoms with Crippen LogP contribution in [0.25, 0.3) is 0 Å². The van der Waals surface area contributed by atoms with Crippen LogP contribution < -0.4 is 0 Å². The van der Waals surface area contributed by atoms with Crippen molar-refractivity contribution in [1.29, 1.82) is 0 Å². The second-order valence-electron chi connectivity index (χ2n) is 4.55. The van der Waals surface area contributed by atoms with Crippen molar-refractivity contribution in [2.75, 3.05) is 13.1 Å². The Morgan fingerprint density at radius 2 is 2.24 bits per heavy atom. The standard InChI is InChI=1S/C12H16ClNO2S/c13-10-6-11(17-8-10)7-14-3-1-9(2-4-14)5-12(15)16/h6,8-9H,1-5,7H2,(H,15,16). The van der Waals surface area contributed by atoms with E-state index in [1.54, 1.807) is 11.3 Å². The van der Waals surface area contributed by atoms with Crippen molar-refractivity contribution in [3.8, 4) is 0 Å². The summed E-state index contributed by atoms with van der Waals surface area (Å²) in [5.74, 6) is -0.316. The monoisotopic (exact) mass is 273 g/mol. The van der Waals surface area contributed by atoms with E-state index in [1.807, 2.05) is 11.4 Å². The average Bonchev–Trinajstić information content (AvgIpc) is 2.66. The molecule has 5 heteroatoms. The number of carbonyl (C=O) groups is 1. The van der Waals surface area contributed by atoms with Gasteiger partial charge in [0.2, 0.25) is 0 Å². The smallest absolute Gasteiger partial charge is 0.303 e. The minimum Gasteiger partial charge on any atom is -0.481 e. The molecule has 0 bridgehead atoms. The summed E-state index contributed by atoms with van der Waals surface area (Å²) in [6, 6.07) is 2.01. The Labute approximate surface area is 110 Å². The topological polar surface area (TPSA) is 40.5 Å². The number of aliphatic carboxylic acids is 1. The van der Waals surface area contributed by atoms with Gasteiger partial charge in [0.1, 0.15) is 0 Å². The third-order valence-electron chi connectivity index (χ3n) is 3.17. The van der Waals surface area contributed by atoms with Crippen molar-refractivity contribution in [3.05, 3.63) is 21.3 Å². The maximum Gasteiger partial charge on any atom is 0.303 e. The molecule has 2 rings (SSSR count). The fourth-order valence-electron chi connectivity index (χ4n) is 2.25. The lowest BCUT2D eigenvalue weighted by molar-refractivity contribution is -0.138. The highest BCUT2D eigenvalue weighted by Gasteiger charge is 2.21. The molecule has 0 aliphatic carbocycles. The first-order valence-corrected chi connectivity index (χ1v) is 7.06. The van der Waals surface area contributed by atoms with Gasteiger partial charge in [-0.15, -0.1) is 11.3 Å². The molecule has 0 amide bonds. The van der Waals surface area contributed by atoms with Gasteiger partial charge in [-0.25, -0.2) is 0 Å². The predicted octanol–water partition coefficient (Wildman–Crippen LogP) is 3.09. The van der Waals surface area contributed by atoms with Crippen LogP contribution in [0.2, 0.25) is 5.02 Å². The fraction of sp³-hybridized carbons (Fsp3) is 0.583. The number of hydrogen-bond acceptors (Lipinski definition) is 3. The normalized spacial score (nSPS) is 18.4. The van der Waals surface area contributed by atoms with Crippen molar-refractivity contribution >= 4 is 28.9 Å². The number of carboxylic acids is 1. The van der Waals surface area contributed by atoms with E-state index in [9.17, 15) is 4.79 Å². The van der Waals surface area contributed by atoms with Gasteiger partial charge in [0.05, 0.1) is 5.02 Å². The van der Waals surface area contributed by atoms with Crippen LogP contribution in [-0.4, -0.2) is 29.1 Å². The number of piperidine rings is 1. The van der Waals surface area contributed by atoms with Crippen LogP contribution in [0.3, 0.4) is 0 Å². The number of thiophene rings is 1. The molecule has 3 nitrogen and oxygen atoms in total. The van der Waals surface area contributed by atoms with Crippen molar-refractivity contribution < 1.29 is 9.90 Å². The largest absolute Gasteiger partial charge is 0.481 e. The zero-order chi connectivity index (χ0) is 12.3. The summed E-state index contributed by atoms with van der Waals surface area (Å²) in [6.07, 6.45) is 2.30. The summed E-state index contributed by atoms with van der Waals surface area (Å²) >= 11 is 7.57. The van der Waals surface area contributed by atoms with E-state index in [4.69, 9.17) is 16.7 Å². The molecule has 1 saturated heterocycles. The van der Waals surface area contributed by atoms with Crippen LogP contribution in [0, 0.1) is 5.92 Å². The number of carboxylic acid groups (broad SMARTS) is 1. The fourth-order valence-corrected chi connectivity index (χ4v) is 3.37. The van der Waals surface area contributed by atoms with Gasteiger partial charge in [-0.05, 0) is 37.9 Å². The molecule has 1 fully saturated rings. The summed E-state index contributed by atoms with van der Waals surface area (Å²) < 4.78 is 0. The molecule has 0 spiro atoms. The van der Waals surface area contributed by atoms with Gasteiger partial charge >= 0.3 is 5.97 Å². The first-order valence-electron chi connectivity index (χ1n) is 5.80. The van der Waals surface area contributed by atoms with E-state index in [1.165, 1.54) is 4.88 Å². The van der Waals surface area contributed by atoms with Gasteiger partial charge in [-0.1, -0.05) is 11.6 Å². The highest BCUT2D eigenvalue weighted by atomic mass is 35.5. The zero-order valence-electron chi connectivity index (χ0n) is 9.56. The second-order valence-corrected chi connectivity index (χ2v) is 5.98. The number of halogens is 1. The molecular formula is C12H16ClNO2S. The Kier molecular flexibility index (Phi) is 4.42. The van der Waals surface area contributed by atoms with Crippen LogP contribution in [0.5, 0.6) is 0 Å². The van der Waals surface area contributed by atoms with E-state index >= 15 is 0 Å². The molecular weight excluding hydrogens is 258 g/mol. The minimum absolute atomic E-state index is 0.318. The van der Waals surface area contributed by atoms with E-state index in [-0.39, 0.29) is 0 Å². The number of nitrogens with zero attached hydrogens (tertiary/aromatic N) is 1. The van der Waals surface area contributed by atoms with Gasteiger partial charge in [-0.3, -0.25) is 9.69 Å². The Morgan fingerprint density at radius 3 is 2.76 bits per heavy atom. The molecule has 0 saturated carbocycles. The molecule has 0 unspecified atom stereocenters. The van der Waals surface area contributed by atoms with Crippen LogP contribution >= 0.6 is 22.9 Å². The van der Waals surface area contributed by atoms with Crippen LogP contribution in [-0.2, 0) is 11.3 Å². The molecule has 94 valence electrons. The first-order chi connectivity index (χ1) is 8.13.